The second-order valence-corrected chi connectivity index (χ2v) is 11.5. The number of anilines is 1. The maximum absolute atomic E-state index is 13.9. The summed E-state index contributed by atoms with van der Waals surface area (Å²) in [5.41, 5.74) is 2.08. The number of rotatable bonds is 9. The number of carbonyl (C=O) groups is 2. The molecule has 0 N–H and O–H groups in total. The fourth-order valence-corrected chi connectivity index (χ4v) is 6.65. The van der Waals surface area contributed by atoms with E-state index in [0.29, 0.717) is 17.2 Å². The van der Waals surface area contributed by atoms with E-state index in [1.54, 1.807) is 42.5 Å². The lowest BCUT2D eigenvalue weighted by atomic mass is 10.1. The molecule has 4 rings (SSSR count). The van der Waals surface area contributed by atoms with Crippen molar-refractivity contribution in [2.24, 2.45) is 0 Å². The highest BCUT2D eigenvalue weighted by Crippen LogP contribution is 2.34. The number of sulfonamides is 1. The van der Waals surface area contributed by atoms with E-state index in [0.717, 1.165) is 20.3 Å². The van der Waals surface area contributed by atoms with Crippen LogP contribution < -0.4 is 14.4 Å². The fourth-order valence-electron chi connectivity index (χ4n) is 4.33. The van der Waals surface area contributed by atoms with Crippen molar-refractivity contribution in [2.75, 3.05) is 25.7 Å². The zero-order chi connectivity index (χ0) is 27.6. The maximum atomic E-state index is 13.9. The second kappa shape index (κ2) is 11.3. The van der Waals surface area contributed by atoms with E-state index in [9.17, 15) is 18.0 Å². The van der Waals surface area contributed by atoms with Crippen molar-refractivity contribution < 1.29 is 27.5 Å². The quantitative estimate of drug-likeness (QED) is 0.337. The molecule has 0 aliphatic carbocycles. The van der Waals surface area contributed by atoms with Crippen LogP contribution in [0.25, 0.3) is 0 Å². The van der Waals surface area contributed by atoms with Crippen LogP contribution in [-0.2, 0) is 26.0 Å². The molecule has 1 heterocycles. The average molecular weight is 577 g/mol. The van der Waals surface area contributed by atoms with Crippen LogP contribution in [0.15, 0.2) is 65.6 Å². The number of hydrogen-bond acceptors (Lipinski definition) is 6. The highest BCUT2D eigenvalue weighted by molar-refractivity contribution is 7.89. The number of aryl methyl sites for hydroxylation is 1. The van der Waals surface area contributed by atoms with Gasteiger partial charge >= 0.3 is 0 Å². The minimum absolute atomic E-state index is 0.0438. The van der Waals surface area contributed by atoms with Gasteiger partial charge in [0.05, 0.1) is 31.4 Å². The second-order valence-electron chi connectivity index (χ2n) is 8.75. The van der Waals surface area contributed by atoms with Gasteiger partial charge in [0.15, 0.2) is 11.5 Å². The van der Waals surface area contributed by atoms with Crippen LogP contribution >= 0.6 is 23.2 Å². The molecule has 200 valence electrons. The largest absolute Gasteiger partial charge is 0.493 e. The Kier molecular flexibility index (Phi) is 8.32. The first kappa shape index (κ1) is 27.9. The third-order valence-corrected chi connectivity index (χ3v) is 8.94. The van der Waals surface area contributed by atoms with E-state index < -0.39 is 27.9 Å². The van der Waals surface area contributed by atoms with Gasteiger partial charge in [-0.25, -0.2) is 13.3 Å². The molecule has 3 aromatic carbocycles. The third kappa shape index (κ3) is 5.51. The summed E-state index contributed by atoms with van der Waals surface area (Å²) >= 11 is 12.4. The lowest BCUT2D eigenvalue weighted by molar-refractivity contribution is -0.122. The van der Waals surface area contributed by atoms with Gasteiger partial charge in [-0.05, 0) is 61.4 Å². The van der Waals surface area contributed by atoms with Crippen LogP contribution in [0.5, 0.6) is 11.5 Å². The lowest BCUT2D eigenvalue weighted by Crippen LogP contribution is -2.46. The van der Waals surface area contributed by atoms with Gasteiger partial charge in [0.25, 0.3) is 5.91 Å². The zero-order valence-corrected chi connectivity index (χ0v) is 23.3. The molecule has 3 aromatic rings. The van der Waals surface area contributed by atoms with Crippen molar-refractivity contribution in [1.82, 2.24) is 4.31 Å². The maximum Gasteiger partial charge on any atom is 0.252 e. The monoisotopic (exact) mass is 576 g/mol. The molecule has 38 heavy (non-hydrogen) atoms. The van der Waals surface area contributed by atoms with E-state index in [2.05, 4.69) is 0 Å². The Morgan fingerprint density at radius 3 is 2.29 bits per heavy atom. The summed E-state index contributed by atoms with van der Waals surface area (Å²) < 4.78 is 39.5. The Morgan fingerprint density at radius 1 is 0.947 bits per heavy atom. The summed E-state index contributed by atoms with van der Waals surface area (Å²) in [6.45, 7) is 1.78. The summed E-state index contributed by atoms with van der Waals surface area (Å²) in [5.74, 6) is -0.119. The number of carbonyl (C=O) groups excluding carboxylic acids is 2. The van der Waals surface area contributed by atoms with Crippen LogP contribution in [0.4, 0.5) is 5.69 Å². The molecule has 1 fully saturated rings. The molecule has 8 nitrogen and oxygen atoms in total. The standard InChI is InChI=1S/C27H26Cl2N2O6S/c1-17-4-8-20(9-5-17)31-26(32)16-22(27(31)33)30(38(34,35)25-15-19(28)7-10-21(25)29)13-12-18-6-11-23(36-2)24(14-18)37-3/h4-11,14-15,22H,12-13,16H2,1-3H3. The van der Waals surface area contributed by atoms with Gasteiger partial charge in [-0.2, -0.15) is 4.31 Å². The molecule has 1 aliphatic heterocycles. The molecule has 1 unspecified atom stereocenters. The molecular formula is C27H26Cl2N2O6S. The van der Waals surface area contributed by atoms with E-state index >= 15 is 0 Å². The first-order valence-corrected chi connectivity index (χ1v) is 13.9. The van der Waals surface area contributed by atoms with Gasteiger partial charge in [-0.3, -0.25) is 9.59 Å². The van der Waals surface area contributed by atoms with Crippen molar-refractivity contribution in [3.8, 4) is 11.5 Å². The number of imide groups is 1. The SMILES string of the molecule is COc1ccc(CCN(C2CC(=O)N(c3ccc(C)cc3)C2=O)S(=O)(=O)c2cc(Cl)ccc2Cl)cc1OC. The van der Waals surface area contributed by atoms with E-state index in [1.807, 2.05) is 6.92 Å². The summed E-state index contributed by atoms with van der Waals surface area (Å²) in [6.07, 6.45) is -0.0870. The van der Waals surface area contributed by atoms with E-state index in [-0.39, 0.29) is 34.3 Å². The Labute approximate surface area is 231 Å². The molecule has 1 aliphatic rings. The van der Waals surface area contributed by atoms with Crippen LogP contribution in [0.2, 0.25) is 10.0 Å². The number of methoxy groups -OCH3 is 2. The first-order chi connectivity index (χ1) is 18.1. The normalized spacial score (nSPS) is 15.8. The van der Waals surface area contributed by atoms with Crippen LogP contribution in [0.1, 0.15) is 17.5 Å². The van der Waals surface area contributed by atoms with Gasteiger partial charge < -0.3 is 9.47 Å². The molecule has 0 bridgehead atoms. The molecule has 1 atom stereocenters. The summed E-state index contributed by atoms with van der Waals surface area (Å²) in [5, 5.41) is 0.126. The number of nitrogens with zero attached hydrogens (tertiary/aromatic N) is 2. The van der Waals surface area contributed by atoms with Crippen molar-refractivity contribution >= 4 is 50.7 Å². The van der Waals surface area contributed by atoms with Gasteiger partial charge in [-0.1, -0.05) is 47.0 Å². The molecule has 2 amide bonds. The first-order valence-electron chi connectivity index (χ1n) is 11.7. The Hall–Kier alpha value is -3.11. The van der Waals surface area contributed by atoms with E-state index in [1.165, 1.54) is 32.4 Å². The van der Waals surface area contributed by atoms with Crippen LogP contribution in [-0.4, -0.2) is 51.3 Å². The fraction of sp³-hybridized carbons (Fsp3) is 0.259. The summed E-state index contributed by atoms with van der Waals surface area (Å²) in [6, 6.07) is 14.9. The molecule has 0 spiro atoms. The van der Waals surface area contributed by atoms with Gasteiger partial charge in [-0.15, -0.1) is 0 Å². The average Bonchev–Trinajstić information content (AvgIpc) is 3.18. The predicted octanol–water partition coefficient (Wildman–Crippen LogP) is 4.88. The minimum atomic E-state index is -4.34. The minimum Gasteiger partial charge on any atom is -0.493 e. The number of hydrogen-bond donors (Lipinski definition) is 0. The highest BCUT2D eigenvalue weighted by atomic mass is 35.5. The number of amides is 2. The molecular weight excluding hydrogens is 551 g/mol. The molecule has 0 aromatic heterocycles. The van der Waals surface area contributed by atoms with Gasteiger partial charge in [0, 0.05) is 11.6 Å². The van der Waals surface area contributed by atoms with E-state index in [4.69, 9.17) is 32.7 Å². The topological polar surface area (TPSA) is 93.2 Å². The van der Waals surface area contributed by atoms with Gasteiger partial charge in [0.2, 0.25) is 15.9 Å². The summed E-state index contributed by atoms with van der Waals surface area (Å²) in [4.78, 5) is 27.4. The Bertz CT molecular complexity index is 1480. The predicted molar refractivity (Wildman–Crippen MR) is 146 cm³/mol. The highest BCUT2D eigenvalue weighted by Gasteiger charge is 2.47. The third-order valence-electron chi connectivity index (χ3n) is 6.31. The summed E-state index contributed by atoms with van der Waals surface area (Å²) in [7, 11) is -1.32. The number of ether oxygens (including phenoxy) is 2. The number of benzene rings is 3. The van der Waals surface area contributed by atoms with Crippen LogP contribution in [0.3, 0.4) is 0 Å². The number of halogens is 2. The molecule has 0 saturated carbocycles. The lowest BCUT2D eigenvalue weighted by Gasteiger charge is -2.27. The molecule has 0 radical (unpaired) electrons. The zero-order valence-electron chi connectivity index (χ0n) is 21.0. The van der Waals surface area contributed by atoms with Gasteiger partial charge in [0.1, 0.15) is 10.9 Å². The Balaban J connectivity index is 1.73. The Morgan fingerprint density at radius 2 is 1.63 bits per heavy atom. The molecule has 11 heteroatoms. The van der Waals surface area contributed by atoms with Crippen molar-refractivity contribution in [3.05, 3.63) is 81.8 Å². The van der Waals surface area contributed by atoms with Crippen molar-refractivity contribution in [3.63, 3.8) is 0 Å². The van der Waals surface area contributed by atoms with Crippen molar-refractivity contribution in [1.29, 1.82) is 0 Å². The van der Waals surface area contributed by atoms with Crippen molar-refractivity contribution in [2.45, 2.75) is 30.7 Å². The smallest absolute Gasteiger partial charge is 0.252 e. The molecule has 1 saturated heterocycles. The van der Waals surface area contributed by atoms with Crippen LogP contribution in [0, 0.1) is 6.92 Å².